The van der Waals surface area contributed by atoms with Crippen molar-refractivity contribution < 1.29 is 32.2 Å². The summed E-state index contributed by atoms with van der Waals surface area (Å²) in [5, 5.41) is 0.621. The van der Waals surface area contributed by atoms with Crippen molar-refractivity contribution in [1.82, 2.24) is 9.80 Å². The van der Waals surface area contributed by atoms with Gasteiger partial charge in [-0.3, -0.25) is 9.59 Å². The summed E-state index contributed by atoms with van der Waals surface area (Å²) in [6.07, 6.45) is -3.55. The van der Waals surface area contributed by atoms with Crippen molar-refractivity contribution >= 4 is 23.4 Å². The van der Waals surface area contributed by atoms with Crippen molar-refractivity contribution in [1.29, 1.82) is 0 Å². The molecule has 2 fully saturated rings. The van der Waals surface area contributed by atoms with Crippen LogP contribution in [0.3, 0.4) is 0 Å². The summed E-state index contributed by atoms with van der Waals surface area (Å²) in [4.78, 5) is 29.5. The molecule has 200 valence electrons. The number of nitrogens with zero attached hydrogens (tertiary/aromatic N) is 2. The van der Waals surface area contributed by atoms with Crippen LogP contribution in [0.2, 0.25) is 5.02 Å². The van der Waals surface area contributed by atoms with Crippen molar-refractivity contribution in [2.24, 2.45) is 5.41 Å². The second kappa shape index (κ2) is 11.3. The number of ether oxygens (including phenoxy) is 2. The van der Waals surface area contributed by atoms with Crippen LogP contribution in [0.4, 0.5) is 13.2 Å². The van der Waals surface area contributed by atoms with E-state index in [0.717, 1.165) is 11.6 Å². The fourth-order valence-electron chi connectivity index (χ4n) is 4.83. The summed E-state index contributed by atoms with van der Waals surface area (Å²) < 4.78 is 51.9. The molecule has 0 radical (unpaired) electrons. The van der Waals surface area contributed by atoms with Gasteiger partial charge in [0.05, 0.1) is 30.9 Å². The second-order valence-electron chi connectivity index (χ2n) is 9.71. The largest absolute Gasteiger partial charge is 0.493 e. The van der Waals surface area contributed by atoms with E-state index in [1.165, 1.54) is 23.1 Å². The zero-order valence-corrected chi connectivity index (χ0v) is 21.4. The highest BCUT2D eigenvalue weighted by molar-refractivity contribution is 6.31. The number of likely N-dealkylation sites (tertiary alicyclic amines) is 1. The number of benzene rings is 2. The molecule has 2 aromatic carbocycles. The highest BCUT2D eigenvalue weighted by Crippen LogP contribution is 2.38. The van der Waals surface area contributed by atoms with Gasteiger partial charge in [-0.25, -0.2) is 0 Å². The van der Waals surface area contributed by atoms with Gasteiger partial charge in [0.1, 0.15) is 5.75 Å². The van der Waals surface area contributed by atoms with Gasteiger partial charge in [-0.15, -0.1) is 0 Å². The van der Waals surface area contributed by atoms with Gasteiger partial charge in [-0.05, 0) is 55.7 Å². The molecule has 0 saturated carbocycles. The number of rotatable bonds is 6. The Balaban J connectivity index is 1.50. The highest BCUT2D eigenvalue weighted by Gasteiger charge is 2.41. The molecule has 2 heterocycles. The summed E-state index contributed by atoms with van der Waals surface area (Å²) in [5.74, 6) is -0.0469. The predicted octanol–water partition coefficient (Wildman–Crippen LogP) is 5.22. The fraction of sp³-hybridized carbons (Fsp3) is 0.481. The molecular weight excluding hydrogens is 509 g/mol. The summed E-state index contributed by atoms with van der Waals surface area (Å²) in [6.45, 7) is 4.58. The monoisotopic (exact) mass is 538 g/mol. The van der Waals surface area contributed by atoms with E-state index < -0.39 is 23.1 Å². The number of alkyl halides is 3. The van der Waals surface area contributed by atoms with Crippen molar-refractivity contribution in [3.05, 3.63) is 64.2 Å². The Morgan fingerprint density at radius 2 is 1.70 bits per heavy atom. The Labute approximate surface area is 219 Å². The Hall–Kier alpha value is -2.78. The topological polar surface area (TPSA) is 59.1 Å². The lowest BCUT2D eigenvalue weighted by molar-refractivity contribution is -0.140. The molecule has 0 N–H and O–H groups in total. The third-order valence-corrected chi connectivity index (χ3v) is 7.56. The van der Waals surface area contributed by atoms with Gasteiger partial charge in [0.25, 0.3) is 5.91 Å². The van der Waals surface area contributed by atoms with E-state index in [1.54, 1.807) is 17.0 Å². The number of amides is 2. The van der Waals surface area contributed by atoms with E-state index in [4.69, 9.17) is 21.1 Å². The van der Waals surface area contributed by atoms with Gasteiger partial charge in [0, 0.05) is 43.0 Å². The standard InChI is InChI=1S/C27H30ClF3N2O4/c1-19-16-20(6-7-23(19)28)37-18-26(17-24(34)32-12-14-36-15-13-32)8-10-33(11-9-26)25(35)21-4-2-3-5-22(21)27(29,30)31/h2-7,16H,8-15,17-18H2,1H3. The van der Waals surface area contributed by atoms with Crippen LogP contribution in [0, 0.1) is 12.3 Å². The van der Waals surface area contributed by atoms with Crippen LogP contribution in [0.25, 0.3) is 0 Å². The van der Waals surface area contributed by atoms with Gasteiger partial charge >= 0.3 is 6.18 Å². The van der Waals surface area contributed by atoms with Crippen molar-refractivity contribution in [2.45, 2.75) is 32.4 Å². The predicted molar refractivity (Wildman–Crippen MR) is 133 cm³/mol. The molecule has 2 aromatic rings. The first-order valence-electron chi connectivity index (χ1n) is 12.3. The number of carbonyl (C=O) groups is 2. The van der Waals surface area contributed by atoms with E-state index in [9.17, 15) is 22.8 Å². The van der Waals surface area contributed by atoms with Gasteiger partial charge in [0.15, 0.2) is 0 Å². The Bertz CT molecular complexity index is 1130. The minimum Gasteiger partial charge on any atom is -0.493 e. The normalized spacial score (nSPS) is 18.0. The molecule has 0 atom stereocenters. The van der Waals surface area contributed by atoms with Crippen LogP contribution in [-0.2, 0) is 15.7 Å². The zero-order chi connectivity index (χ0) is 26.6. The smallest absolute Gasteiger partial charge is 0.417 e. The molecule has 10 heteroatoms. The summed E-state index contributed by atoms with van der Waals surface area (Å²) in [6, 6.07) is 10.2. The zero-order valence-electron chi connectivity index (χ0n) is 20.7. The fourth-order valence-corrected chi connectivity index (χ4v) is 4.95. The minimum absolute atomic E-state index is 0.0126. The Kier molecular flexibility index (Phi) is 8.33. The first-order valence-corrected chi connectivity index (χ1v) is 12.7. The van der Waals surface area contributed by atoms with Crippen molar-refractivity contribution in [3.63, 3.8) is 0 Å². The maximum Gasteiger partial charge on any atom is 0.417 e. The van der Waals surface area contributed by atoms with Crippen LogP contribution in [0.1, 0.15) is 40.7 Å². The number of halogens is 4. The van der Waals surface area contributed by atoms with Crippen molar-refractivity contribution in [2.75, 3.05) is 46.0 Å². The molecule has 37 heavy (non-hydrogen) atoms. The van der Waals surface area contributed by atoms with Crippen LogP contribution >= 0.6 is 11.6 Å². The molecule has 0 aliphatic carbocycles. The molecule has 2 aliphatic rings. The second-order valence-corrected chi connectivity index (χ2v) is 10.1. The molecule has 4 rings (SSSR count). The molecule has 2 saturated heterocycles. The number of aryl methyl sites for hydroxylation is 1. The maximum absolute atomic E-state index is 13.5. The number of carbonyl (C=O) groups excluding carboxylic acids is 2. The third kappa shape index (κ3) is 6.57. The molecule has 0 unspecified atom stereocenters. The van der Waals surface area contributed by atoms with Gasteiger partial charge < -0.3 is 19.3 Å². The molecular formula is C27H30ClF3N2O4. The van der Waals surface area contributed by atoms with Crippen molar-refractivity contribution in [3.8, 4) is 5.75 Å². The third-order valence-electron chi connectivity index (χ3n) is 7.14. The minimum atomic E-state index is -4.62. The lowest BCUT2D eigenvalue weighted by atomic mass is 9.75. The highest BCUT2D eigenvalue weighted by atomic mass is 35.5. The Morgan fingerprint density at radius 1 is 1.03 bits per heavy atom. The number of hydrogen-bond acceptors (Lipinski definition) is 4. The summed E-state index contributed by atoms with van der Waals surface area (Å²) in [5.41, 5.74) is -1.01. The van der Waals surface area contributed by atoms with Crippen LogP contribution in [-0.4, -0.2) is 67.6 Å². The molecule has 0 spiro atoms. The van der Waals surface area contributed by atoms with E-state index in [0.29, 0.717) is 49.9 Å². The maximum atomic E-state index is 13.5. The van der Waals surface area contributed by atoms with Gasteiger partial charge in [0.2, 0.25) is 5.91 Å². The average Bonchev–Trinajstić information content (AvgIpc) is 2.89. The molecule has 0 bridgehead atoms. The molecule has 2 aliphatic heterocycles. The van der Waals surface area contributed by atoms with E-state index >= 15 is 0 Å². The Morgan fingerprint density at radius 3 is 2.35 bits per heavy atom. The molecule has 0 aromatic heterocycles. The SMILES string of the molecule is Cc1cc(OCC2(CC(=O)N3CCOCC3)CCN(C(=O)c3ccccc3C(F)(F)F)CC2)ccc1Cl. The van der Waals surface area contributed by atoms with Crippen LogP contribution in [0.5, 0.6) is 5.75 Å². The summed E-state index contributed by atoms with van der Waals surface area (Å²) >= 11 is 6.12. The average molecular weight is 539 g/mol. The number of morpholine rings is 1. The lowest BCUT2D eigenvalue weighted by Gasteiger charge is -2.42. The first kappa shape index (κ1) is 27.3. The number of piperidine rings is 1. The molecule has 2 amide bonds. The quantitative estimate of drug-likeness (QED) is 0.506. The van der Waals surface area contributed by atoms with E-state index in [2.05, 4.69) is 0 Å². The van der Waals surface area contributed by atoms with E-state index in [-0.39, 0.29) is 37.6 Å². The van der Waals surface area contributed by atoms with Crippen LogP contribution in [0.15, 0.2) is 42.5 Å². The first-order chi connectivity index (χ1) is 17.6. The summed E-state index contributed by atoms with van der Waals surface area (Å²) in [7, 11) is 0. The van der Waals surface area contributed by atoms with Crippen LogP contribution < -0.4 is 4.74 Å². The lowest BCUT2D eigenvalue weighted by Crippen LogP contribution is -2.49. The number of hydrogen-bond donors (Lipinski definition) is 0. The molecule has 6 nitrogen and oxygen atoms in total. The van der Waals surface area contributed by atoms with Gasteiger partial charge in [-0.1, -0.05) is 23.7 Å². The van der Waals surface area contributed by atoms with E-state index in [1.807, 2.05) is 13.0 Å². The van der Waals surface area contributed by atoms with Gasteiger partial charge in [-0.2, -0.15) is 13.2 Å².